The SMILES string of the molecule is CN(CC1CCCN1C)c1nc(Cl)nc2nc[nH]c12. The maximum atomic E-state index is 5.96. The Bertz CT molecular complexity index is 583. The van der Waals surface area contributed by atoms with E-state index in [1.165, 1.54) is 19.4 Å². The van der Waals surface area contributed by atoms with Gasteiger partial charge in [-0.25, -0.2) is 4.98 Å². The molecule has 2 aromatic heterocycles. The number of likely N-dealkylation sites (tertiary alicyclic amines) is 1. The van der Waals surface area contributed by atoms with E-state index in [0.29, 0.717) is 11.7 Å². The number of imidazole rings is 1. The maximum Gasteiger partial charge on any atom is 0.226 e. The highest BCUT2D eigenvalue weighted by Gasteiger charge is 2.23. The molecular formula is C12H17ClN6. The van der Waals surface area contributed by atoms with Gasteiger partial charge in [-0.1, -0.05) is 0 Å². The van der Waals surface area contributed by atoms with Crippen LogP contribution in [-0.2, 0) is 0 Å². The van der Waals surface area contributed by atoms with E-state index in [9.17, 15) is 0 Å². The zero-order chi connectivity index (χ0) is 13.4. The molecule has 19 heavy (non-hydrogen) atoms. The molecule has 1 aliphatic rings. The van der Waals surface area contributed by atoms with Gasteiger partial charge in [0.15, 0.2) is 11.5 Å². The fourth-order valence-electron chi connectivity index (χ4n) is 2.68. The standard InChI is InChI=1S/C12H17ClN6/c1-18-5-3-4-8(18)6-19(2)11-9-10(15-7-14-9)16-12(13)17-11/h7-8H,3-6H2,1-2H3,(H,14,15,16,17). The van der Waals surface area contributed by atoms with Crippen LogP contribution in [-0.4, -0.2) is 58.1 Å². The van der Waals surface area contributed by atoms with E-state index in [1.807, 2.05) is 7.05 Å². The largest absolute Gasteiger partial charge is 0.356 e. The highest BCUT2D eigenvalue weighted by atomic mass is 35.5. The first-order valence-electron chi connectivity index (χ1n) is 6.43. The molecule has 0 bridgehead atoms. The number of rotatable bonds is 3. The molecule has 0 spiro atoms. The lowest BCUT2D eigenvalue weighted by Gasteiger charge is -2.26. The molecule has 0 aliphatic carbocycles. The number of hydrogen-bond donors (Lipinski definition) is 1. The van der Waals surface area contributed by atoms with Crippen LogP contribution in [0.15, 0.2) is 6.33 Å². The second-order valence-corrected chi connectivity index (χ2v) is 5.41. The monoisotopic (exact) mass is 280 g/mol. The Labute approximate surface area is 116 Å². The van der Waals surface area contributed by atoms with Gasteiger partial charge in [-0.15, -0.1) is 0 Å². The summed E-state index contributed by atoms with van der Waals surface area (Å²) in [6, 6.07) is 0.566. The third kappa shape index (κ3) is 2.37. The second kappa shape index (κ2) is 4.94. The molecule has 0 radical (unpaired) electrons. The van der Waals surface area contributed by atoms with Crippen molar-refractivity contribution in [2.75, 3.05) is 32.1 Å². The van der Waals surface area contributed by atoms with Crippen molar-refractivity contribution < 1.29 is 0 Å². The molecule has 1 atom stereocenters. The van der Waals surface area contributed by atoms with Gasteiger partial charge in [-0.3, -0.25) is 0 Å². The fraction of sp³-hybridized carbons (Fsp3) is 0.583. The molecule has 1 saturated heterocycles. The Balaban J connectivity index is 1.88. The maximum absolute atomic E-state index is 5.96. The number of nitrogens with zero attached hydrogens (tertiary/aromatic N) is 5. The summed E-state index contributed by atoms with van der Waals surface area (Å²) in [6.07, 6.45) is 4.11. The van der Waals surface area contributed by atoms with E-state index in [2.05, 4.69) is 36.8 Å². The summed E-state index contributed by atoms with van der Waals surface area (Å²) < 4.78 is 0. The van der Waals surface area contributed by atoms with Crippen LogP contribution in [0.2, 0.25) is 5.28 Å². The Morgan fingerprint density at radius 2 is 2.37 bits per heavy atom. The van der Waals surface area contributed by atoms with Crippen molar-refractivity contribution in [2.24, 2.45) is 0 Å². The lowest BCUT2D eigenvalue weighted by atomic mass is 10.2. The molecule has 0 aromatic carbocycles. The number of halogens is 1. The van der Waals surface area contributed by atoms with Gasteiger partial charge >= 0.3 is 0 Å². The number of anilines is 1. The highest BCUT2D eigenvalue weighted by Crippen LogP contribution is 2.24. The smallest absolute Gasteiger partial charge is 0.226 e. The van der Waals surface area contributed by atoms with Crippen LogP contribution in [0.3, 0.4) is 0 Å². The molecule has 1 unspecified atom stereocenters. The Kier molecular flexibility index (Phi) is 3.28. The molecule has 3 rings (SSSR count). The van der Waals surface area contributed by atoms with Crippen molar-refractivity contribution >= 4 is 28.6 Å². The van der Waals surface area contributed by atoms with Crippen molar-refractivity contribution in [3.05, 3.63) is 11.6 Å². The second-order valence-electron chi connectivity index (χ2n) is 5.07. The first kappa shape index (κ1) is 12.6. The number of H-pyrrole nitrogens is 1. The van der Waals surface area contributed by atoms with Crippen LogP contribution in [0.25, 0.3) is 11.2 Å². The van der Waals surface area contributed by atoms with Crippen molar-refractivity contribution in [3.8, 4) is 0 Å². The van der Waals surface area contributed by atoms with Gasteiger partial charge in [0, 0.05) is 19.6 Å². The van der Waals surface area contributed by atoms with Gasteiger partial charge in [0.1, 0.15) is 5.52 Å². The van der Waals surface area contributed by atoms with E-state index in [-0.39, 0.29) is 5.28 Å². The normalized spacial score (nSPS) is 20.3. The Hall–Kier alpha value is -1.40. The van der Waals surface area contributed by atoms with E-state index in [0.717, 1.165) is 17.9 Å². The first-order valence-corrected chi connectivity index (χ1v) is 6.81. The summed E-state index contributed by atoms with van der Waals surface area (Å²) in [7, 11) is 4.20. The minimum absolute atomic E-state index is 0.237. The Morgan fingerprint density at radius 3 is 3.11 bits per heavy atom. The van der Waals surface area contributed by atoms with Crippen molar-refractivity contribution in [2.45, 2.75) is 18.9 Å². The number of nitrogens with one attached hydrogen (secondary N) is 1. The summed E-state index contributed by atoms with van der Waals surface area (Å²) >= 11 is 5.96. The van der Waals surface area contributed by atoms with Gasteiger partial charge in [0.25, 0.3) is 0 Å². The van der Waals surface area contributed by atoms with Gasteiger partial charge in [0.05, 0.1) is 6.33 Å². The highest BCUT2D eigenvalue weighted by molar-refractivity contribution is 6.28. The van der Waals surface area contributed by atoms with Gasteiger partial charge in [0.2, 0.25) is 5.28 Å². The summed E-state index contributed by atoms with van der Waals surface area (Å²) in [6.45, 7) is 2.10. The van der Waals surface area contributed by atoms with Crippen LogP contribution in [0, 0.1) is 0 Å². The van der Waals surface area contributed by atoms with Crippen LogP contribution < -0.4 is 4.90 Å². The summed E-state index contributed by atoms with van der Waals surface area (Å²) in [5.74, 6) is 0.813. The third-order valence-corrected chi connectivity index (χ3v) is 3.93. The predicted octanol–water partition coefficient (Wildman–Crippen LogP) is 1.54. The lowest BCUT2D eigenvalue weighted by molar-refractivity contribution is 0.314. The number of fused-ring (bicyclic) bond motifs is 1. The zero-order valence-corrected chi connectivity index (χ0v) is 11.9. The molecule has 1 fully saturated rings. The number of likely N-dealkylation sites (N-methyl/N-ethyl adjacent to an activating group) is 2. The van der Waals surface area contributed by atoms with E-state index in [4.69, 9.17) is 11.6 Å². The molecular weight excluding hydrogens is 264 g/mol. The van der Waals surface area contributed by atoms with Crippen LogP contribution in [0.4, 0.5) is 5.82 Å². The first-order chi connectivity index (χ1) is 9.15. The van der Waals surface area contributed by atoms with Crippen LogP contribution in [0.5, 0.6) is 0 Å². The molecule has 7 heteroatoms. The van der Waals surface area contributed by atoms with Gasteiger partial charge in [-0.05, 0) is 38.0 Å². The van der Waals surface area contributed by atoms with E-state index in [1.54, 1.807) is 6.33 Å². The van der Waals surface area contributed by atoms with Crippen molar-refractivity contribution in [3.63, 3.8) is 0 Å². The van der Waals surface area contributed by atoms with E-state index >= 15 is 0 Å². The topological polar surface area (TPSA) is 60.9 Å². The summed E-state index contributed by atoms with van der Waals surface area (Å²) in [5.41, 5.74) is 1.45. The molecule has 1 aliphatic heterocycles. The Morgan fingerprint density at radius 1 is 1.53 bits per heavy atom. The fourth-order valence-corrected chi connectivity index (χ4v) is 2.84. The number of hydrogen-bond acceptors (Lipinski definition) is 5. The molecule has 6 nitrogen and oxygen atoms in total. The molecule has 0 saturated carbocycles. The number of aromatic amines is 1. The average molecular weight is 281 g/mol. The van der Waals surface area contributed by atoms with Crippen molar-refractivity contribution in [1.29, 1.82) is 0 Å². The van der Waals surface area contributed by atoms with Crippen molar-refractivity contribution in [1.82, 2.24) is 24.8 Å². The average Bonchev–Trinajstić information content (AvgIpc) is 2.98. The van der Waals surface area contributed by atoms with E-state index < -0.39 is 0 Å². The molecule has 0 amide bonds. The van der Waals surface area contributed by atoms with Crippen LogP contribution in [0.1, 0.15) is 12.8 Å². The summed E-state index contributed by atoms with van der Waals surface area (Å²) in [5, 5.41) is 0.237. The third-order valence-electron chi connectivity index (χ3n) is 3.76. The molecule has 1 N–H and O–H groups in total. The summed E-state index contributed by atoms with van der Waals surface area (Å²) in [4.78, 5) is 20.2. The molecule has 3 heterocycles. The zero-order valence-electron chi connectivity index (χ0n) is 11.1. The minimum atomic E-state index is 0.237. The predicted molar refractivity (Wildman–Crippen MR) is 75.6 cm³/mol. The minimum Gasteiger partial charge on any atom is -0.356 e. The lowest BCUT2D eigenvalue weighted by Crippen LogP contribution is -2.37. The molecule has 2 aromatic rings. The quantitative estimate of drug-likeness (QED) is 0.864. The number of aromatic nitrogens is 4. The van der Waals surface area contributed by atoms with Crippen LogP contribution >= 0.6 is 11.6 Å². The van der Waals surface area contributed by atoms with Gasteiger partial charge < -0.3 is 14.8 Å². The van der Waals surface area contributed by atoms with Gasteiger partial charge in [-0.2, -0.15) is 9.97 Å². The molecule has 102 valence electrons.